The van der Waals surface area contributed by atoms with Crippen molar-refractivity contribution in [2.24, 2.45) is 5.73 Å². The largest absolute Gasteiger partial charge is 0.496 e. The molecule has 2 rings (SSSR count). The molecule has 0 saturated heterocycles. The van der Waals surface area contributed by atoms with Crippen molar-refractivity contribution < 1.29 is 9.47 Å². The summed E-state index contributed by atoms with van der Waals surface area (Å²) in [5.74, 6) is 1.34. The fourth-order valence-electron chi connectivity index (χ4n) is 2.10. The van der Waals surface area contributed by atoms with Crippen molar-refractivity contribution in [1.82, 2.24) is 0 Å². The number of methoxy groups -OCH3 is 1. The summed E-state index contributed by atoms with van der Waals surface area (Å²) in [4.78, 5) is 0. The molecule has 2 aromatic rings. The number of halogens is 2. The predicted molar refractivity (Wildman–Crippen MR) is 86.4 cm³/mol. The van der Waals surface area contributed by atoms with Gasteiger partial charge >= 0.3 is 0 Å². The van der Waals surface area contributed by atoms with Gasteiger partial charge in [0.25, 0.3) is 0 Å². The van der Waals surface area contributed by atoms with Gasteiger partial charge in [0.15, 0.2) is 0 Å². The van der Waals surface area contributed by atoms with Crippen molar-refractivity contribution in [2.75, 3.05) is 7.11 Å². The maximum absolute atomic E-state index is 6.19. The van der Waals surface area contributed by atoms with E-state index in [1.165, 1.54) is 0 Å². The van der Waals surface area contributed by atoms with Gasteiger partial charge in [0, 0.05) is 22.7 Å². The molecular formula is C16H17Cl2NO2. The molecule has 112 valence electrons. The summed E-state index contributed by atoms with van der Waals surface area (Å²) < 4.78 is 11.2. The highest BCUT2D eigenvalue weighted by Gasteiger charge is 2.11. The van der Waals surface area contributed by atoms with Crippen LogP contribution in [0.5, 0.6) is 11.5 Å². The summed E-state index contributed by atoms with van der Waals surface area (Å²) in [5, 5.41) is 0.996. The molecule has 0 aliphatic heterocycles. The SMILES string of the molecule is COc1ccc(C)cc1COc1c(Cl)cc(Cl)cc1CN. The molecule has 0 unspecified atom stereocenters. The molecule has 0 amide bonds. The van der Waals surface area contributed by atoms with E-state index in [9.17, 15) is 0 Å². The number of aryl methyl sites for hydroxylation is 1. The van der Waals surface area contributed by atoms with E-state index in [1.807, 2.05) is 25.1 Å². The highest BCUT2D eigenvalue weighted by atomic mass is 35.5. The lowest BCUT2D eigenvalue weighted by Crippen LogP contribution is -2.04. The lowest BCUT2D eigenvalue weighted by Gasteiger charge is -2.15. The third-order valence-corrected chi connectivity index (χ3v) is 3.61. The molecule has 0 spiro atoms. The summed E-state index contributed by atoms with van der Waals surface area (Å²) in [6.45, 7) is 2.67. The topological polar surface area (TPSA) is 44.5 Å². The summed E-state index contributed by atoms with van der Waals surface area (Å²) >= 11 is 12.2. The molecule has 0 heterocycles. The molecular weight excluding hydrogens is 309 g/mol. The Morgan fingerprint density at radius 3 is 2.52 bits per heavy atom. The monoisotopic (exact) mass is 325 g/mol. The second-order valence-electron chi connectivity index (χ2n) is 4.68. The predicted octanol–water partition coefficient (Wildman–Crippen LogP) is 4.35. The minimum Gasteiger partial charge on any atom is -0.496 e. The van der Waals surface area contributed by atoms with Crippen molar-refractivity contribution in [3.8, 4) is 11.5 Å². The van der Waals surface area contributed by atoms with Gasteiger partial charge in [-0.05, 0) is 31.2 Å². The third-order valence-electron chi connectivity index (χ3n) is 3.11. The zero-order valence-corrected chi connectivity index (χ0v) is 13.5. The first-order chi connectivity index (χ1) is 10.0. The molecule has 2 N–H and O–H groups in total. The van der Waals surface area contributed by atoms with Crippen LogP contribution in [0, 0.1) is 6.92 Å². The van der Waals surface area contributed by atoms with E-state index in [4.69, 9.17) is 38.4 Å². The molecule has 0 saturated carbocycles. The van der Waals surface area contributed by atoms with Crippen LogP contribution in [-0.2, 0) is 13.2 Å². The number of hydrogen-bond donors (Lipinski definition) is 1. The maximum Gasteiger partial charge on any atom is 0.142 e. The van der Waals surface area contributed by atoms with Gasteiger partial charge in [-0.2, -0.15) is 0 Å². The fourth-order valence-corrected chi connectivity index (χ4v) is 2.69. The number of nitrogens with two attached hydrogens (primary N) is 1. The van der Waals surface area contributed by atoms with Crippen molar-refractivity contribution >= 4 is 23.2 Å². The van der Waals surface area contributed by atoms with Crippen molar-refractivity contribution in [2.45, 2.75) is 20.1 Å². The Bertz CT molecular complexity index is 644. The van der Waals surface area contributed by atoms with E-state index in [0.29, 0.717) is 28.9 Å². The second kappa shape index (κ2) is 7.03. The van der Waals surface area contributed by atoms with Gasteiger partial charge in [-0.25, -0.2) is 0 Å². The van der Waals surface area contributed by atoms with Crippen LogP contribution in [0.15, 0.2) is 30.3 Å². The Kier molecular flexibility index (Phi) is 5.34. The molecule has 2 aromatic carbocycles. The van der Waals surface area contributed by atoms with Crippen molar-refractivity contribution in [3.63, 3.8) is 0 Å². The molecule has 0 fully saturated rings. The van der Waals surface area contributed by atoms with E-state index >= 15 is 0 Å². The van der Waals surface area contributed by atoms with E-state index in [-0.39, 0.29) is 0 Å². The molecule has 0 radical (unpaired) electrons. The van der Waals surface area contributed by atoms with Crippen LogP contribution in [0.25, 0.3) is 0 Å². The highest BCUT2D eigenvalue weighted by Crippen LogP contribution is 2.33. The average Bonchev–Trinajstić information content (AvgIpc) is 2.45. The van der Waals surface area contributed by atoms with Crippen LogP contribution >= 0.6 is 23.2 Å². The van der Waals surface area contributed by atoms with Gasteiger partial charge in [0.2, 0.25) is 0 Å². The molecule has 5 heteroatoms. The van der Waals surface area contributed by atoms with Crippen LogP contribution in [0.1, 0.15) is 16.7 Å². The van der Waals surface area contributed by atoms with Crippen LogP contribution in [0.4, 0.5) is 0 Å². The number of rotatable bonds is 5. The van der Waals surface area contributed by atoms with E-state index in [0.717, 1.165) is 22.4 Å². The summed E-state index contributed by atoms with van der Waals surface area (Å²) in [6.07, 6.45) is 0. The Hall–Kier alpha value is -1.42. The number of hydrogen-bond acceptors (Lipinski definition) is 3. The Labute approximate surface area is 134 Å². The normalized spacial score (nSPS) is 10.5. The zero-order chi connectivity index (χ0) is 15.4. The van der Waals surface area contributed by atoms with Crippen LogP contribution < -0.4 is 15.2 Å². The Balaban J connectivity index is 2.26. The minimum absolute atomic E-state index is 0.306. The van der Waals surface area contributed by atoms with E-state index in [1.54, 1.807) is 19.2 Å². The summed E-state index contributed by atoms with van der Waals surface area (Å²) in [5.41, 5.74) is 8.58. The molecule has 0 aliphatic rings. The Morgan fingerprint density at radius 2 is 1.86 bits per heavy atom. The second-order valence-corrected chi connectivity index (χ2v) is 5.53. The van der Waals surface area contributed by atoms with Crippen LogP contribution in [0.2, 0.25) is 10.0 Å². The summed E-state index contributed by atoms with van der Waals surface area (Å²) in [7, 11) is 1.63. The van der Waals surface area contributed by atoms with E-state index in [2.05, 4.69) is 0 Å². The molecule has 0 aliphatic carbocycles. The quantitative estimate of drug-likeness (QED) is 0.888. The number of ether oxygens (including phenoxy) is 2. The smallest absolute Gasteiger partial charge is 0.142 e. The molecule has 0 atom stereocenters. The standard InChI is InChI=1S/C16H17Cl2NO2/c1-10-3-4-15(20-2)12(5-10)9-21-16-11(8-19)6-13(17)7-14(16)18/h3-7H,8-9,19H2,1-2H3. The Morgan fingerprint density at radius 1 is 1.10 bits per heavy atom. The highest BCUT2D eigenvalue weighted by molar-refractivity contribution is 6.35. The van der Waals surface area contributed by atoms with Gasteiger partial charge in [-0.1, -0.05) is 34.8 Å². The zero-order valence-electron chi connectivity index (χ0n) is 12.0. The summed E-state index contributed by atoms with van der Waals surface area (Å²) in [6, 6.07) is 9.33. The minimum atomic E-state index is 0.306. The van der Waals surface area contributed by atoms with Crippen LogP contribution in [0.3, 0.4) is 0 Å². The van der Waals surface area contributed by atoms with Gasteiger partial charge in [-0.3, -0.25) is 0 Å². The first-order valence-corrected chi connectivity index (χ1v) is 7.25. The molecule has 0 bridgehead atoms. The van der Waals surface area contributed by atoms with Crippen molar-refractivity contribution in [1.29, 1.82) is 0 Å². The van der Waals surface area contributed by atoms with Gasteiger partial charge in [0.05, 0.1) is 12.1 Å². The maximum atomic E-state index is 6.19. The first kappa shape index (κ1) is 16.0. The van der Waals surface area contributed by atoms with E-state index < -0.39 is 0 Å². The fraction of sp³-hybridized carbons (Fsp3) is 0.250. The number of benzene rings is 2. The lowest BCUT2D eigenvalue weighted by atomic mass is 10.1. The molecule has 3 nitrogen and oxygen atoms in total. The first-order valence-electron chi connectivity index (χ1n) is 6.49. The molecule has 21 heavy (non-hydrogen) atoms. The average molecular weight is 326 g/mol. The van der Waals surface area contributed by atoms with Gasteiger partial charge in [-0.15, -0.1) is 0 Å². The molecule has 0 aromatic heterocycles. The lowest BCUT2D eigenvalue weighted by molar-refractivity contribution is 0.294. The van der Waals surface area contributed by atoms with Crippen LogP contribution in [-0.4, -0.2) is 7.11 Å². The van der Waals surface area contributed by atoms with Gasteiger partial charge in [0.1, 0.15) is 18.1 Å². The van der Waals surface area contributed by atoms with Crippen molar-refractivity contribution in [3.05, 3.63) is 57.1 Å². The third kappa shape index (κ3) is 3.82. The van der Waals surface area contributed by atoms with Gasteiger partial charge < -0.3 is 15.2 Å².